The number of pyridine rings is 1. The molecule has 1 N–H and O–H groups in total. The van der Waals surface area contributed by atoms with Gasteiger partial charge in [-0.05, 0) is 36.8 Å². The van der Waals surface area contributed by atoms with E-state index < -0.39 is 0 Å². The highest BCUT2D eigenvalue weighted by atomic mass is 79.9. The SMILES string of the molecule is C[C@@H](NC(=O)c1ccnc(Cl)c1)c1ccc(Br)cc1. The van der Waals surface area contributed by atoms with E-state index in [-0.39, 0.29) is 11.9 Å². The topological polar surface area (TPSA) is 42.0 Å². The van der Waals surface area contributed by atoms with Gasteiger partial charge in [-0.3, -0.25) is 4.79 Å². The zero-order chi connectivity index (χ0) is 13.8. The number of carbonyl (C=O) groups is 1. The highest BCUT2D eigenvalue weighted by Crippen LogP contribution is 2.17. The Bertz CT molecular complexity index is 586. The summed E-state index contributed by atoms with van der Waals surface area (Å²) in [4.78, 5) is 15.9. The van der Waals surface area contributed by atoms with Gasteiger partial charge in [0, 0.05) is 16.2 Å². The maximum absolute atomic E-state index is 12.0. The lowest BCUT2D eigenvalue weighted by molar-refractivity contribution is 0.0940. The molecule has 1 aromatic carbocycles. The molecule has 0 bridgehead atoms. The Balaban J connectivity index is 2.08. The minimum atomic E-state index is -0.167. The molecule has 2 aromatic rings. The van der Waals surface area contributed by atoms with Crippen LogP contribution in [0.15, 0.2) is 47.1 Å². The number of rotatable bonds is 3. The molecular formula is C14H12BrClN2O. The van der Waals surface area contributed by atoms with Crippen molar-refractivity contribution in [3.63, 3.8) is 0 Å². The standard InChI is InChI=1S/C14H12BrClN2O/c1-9(10-2-4-12(15)5-3-10)18-14(19)11-6-7-17-13(16)8-11/h2-9H,1H3,(H,18,19)/t9-/m1/s1. The number of nitrogens with zero attached hydrogens (tertiary/aromatic N) is 1. The van der Waals surface area contributed by atoms with Crippen molar-refractivity contribution in [2.75, 3.05) is 0 Å². The van der Waals surface area contributed by atoms with Crippen molar-refractivity contribution in [3.8, 4) is 0 Å². The van der Waals surface area contributed by atoms with Crippen LogP contribution in [0.5, 0.6) is 0 Å². The number of carbonyl (C=O) groups excluding carboxylic acids is 1. The molecule has 0 radical (unpaired) electrons. The van der Waals surface area contributed by atoms with Gasteiger partial charge in [0.25, 0.3) is 5.91 Å². The molecule has 19 heavy (non-hydrogen) atoms. The zero-order valence-corrected chi connectivity index (χ0v) is 12.6. The average molecular weight is 340 g/mol. The molecule has 1 aromatic heterocycles. The van der Waals surface area contributed by atoms with Crippen LogP contribution in [0.4, 0.5) is 0 Å². The van der Waals surface area contributed by atoms with Crippen LogP contribution in [0, 0.1) is 0 Å². The summed E-state index contributed by atoms with van der Waals surface area (Å²) in [5.41, 5.74) is 1.54. The van der Waals surface area contributed by atoms with Crippen LogP contribution in [0.2, 0.25) is 5.15 Å². The van der Waals surface area contributed by atoms with Crippen molar-refractivity contribution in [3.05, 3.63) is 63.3 Å². The quantitative estimate of drug-likeness (QED) is 0.859. The van der Waals surface area contributed by atoms with Gasteiger partial charge in [0.1, 0.15) is 5.15 Å². The van der Waals surface area contributed by atoms with Crippen molar-refractivity contribution >= 4 is 33.4 Å². The van der Waals surface area contributed by atoms with Crippen LogP contribution in [-0.4, -0.2) is 10.9 Å². The third kappa shape index (κ3) is 3.78. The van der Waals surface area contributed by atoms with Crippen LogP contribution in [0.3, 0.4) is 0 Å². The predicted octanol–water partition coefficient (Wildman–Crippen LogP) is 3.99. The summed E-state index contributed by atoms with van der Waals surface area (Å²) in [5, 5.41) is 3.23. The first kappa shape index (κ1) is 14.0. The van der Waals surface area contributed by atoms with E-state index in [0.29, 0.717) is 10.7 Å². The lowest BCUT2D eigenvalue weighted by atomic mass is 10.1. The first-order valence-corrected chi connectivity index (χ1v) is 6.91. The van der Waals surface area contributed by atoms with Gasteiger partial charge in [0.05, 0.1) is 6.04 Å². The second-order valence-corrected chi connectivity index (χ2v) is 5.42. The molecule has 0 aliphatic carbocycles. The molecule has 0 aliphatic heterocycles. The number of halogens is 2. The van der Waals surface area contributed by atoms with E-state index in [0.717, 1.165) is 10.0 Å². The smallest absolute Gasteiger partial charge is 0.251 e. The number of aromatic nitrogens is 1. The molecule has 98 valence electrons. The first-order chi connectivity index (χ1) is 9.06. The van der Waals surface area contributed by atoms with Crippen LogP contribution < -0.4 is 5.32 Å². The lowest BCUT2D eigenvalue weighted by Crippen LogP contribution is -2.26. The molecule has 0 unspecified atom stereocenters. The van der Waals surface area contributed by atoms with Gasteiger partial charge < -0.3 is 5.32 Å². The van der Waals surface area contributed by atoms with E-state index in [9.17, 15) is 4.79 Å². The van der Waals surface area contributed by atoms with Gasteiger partial charge in [-0.1, -0.05) is 39.7 Å². The van der Waals surface area contributed by atoms with Gasteiger partial charge >= 0.3 is 0 Å². The predicted molar refractivity (Wildman–Crippen MR) is 79.3 cm³/mol. The summed E-state index contributed by atoms with van der Waals surface area (Å²) in [6.07, 6.45) is 1.52. The van der Waals surface area contributed by atoms with Gasteiger partial charge in [-0.15, -0.1) is 0 Å². The van der Waals surface area contributed by atoms with E-state index in [1.54, 1.807) is 12.1 Å². The minimum absolute atomic E-state index is 0.0764. The second-order valence-electron chi connectivity index (χ2n) is 4.11. The van der Waals surface area contributed by atoms with E-state index in [4.69, 9.17) is 11.6 Å². The second kappa shape index (κ2) is 6.17. The monoisotopic (exact) mass is 338 g/mol. The molecule has 0 saturated carbocycles. The molecule has 0 spiro atoms. The minimum Gasteiger partial charge on any atom is -0.346 e. The summed E-state index contributed by atoms with van der Waals surface area (Å²) in [5.74, 6) is -0.167. The Labute approximate surface area is 125 Å². The van der Waals surface area contributed by atoms with Gasteiger partial charge in [-0.2, -0.15) is 0 Å². The molecule has 1 atom stereocenters. The van der Waals surface area contributed by atoms with E-state index in [1.807, 2.05) is 31.2 Å². The number of hydrogen-bond donors (Lipinski definition) is 1. The summed E-state index contributed by atoms with van der Waals surface area (Å²) in [6.45, 7) is 1.93. The molecule has 1 heterocycles. The van der Waals surface area contributed by atoms with Gasteiger partial charge in [0.15, 0.2) is 0 Å². The largest absolute Gasteiger partial charge is 0.346 e. The zero-order valence-electron chi connectivity index (χ0n) is 10.2. The summed E-state index contributed by atoms with van der Waals surface area (Å²) in [6, 6.07) is 10.9. The fraction of sp³-hybridized carbons (Fsp3) is 0.143. The Morgan fingerprint density at radius 3 is 2.63 bits per heavy atom. The number of nitrogens with one attached hydrogen (secondary N) is 1. The van der Waals surface area contributed by atoms with Crippen molar-refractivity contribution < 1.29 is 4.79 Å². The maximum atomic E-state index is 12.0. The van der Waals surface area contributed by atoms with E-state index in [1.165, 1.54) is 6.20 Å². The highest BCUT2D eigenvalue weighted by molar-refractivity contribution is 9.10. The third-order valence-corrected chi connectivity index (χ3v) is 3.44. The molecule has 0 fully saturated rings. The van der Waals surface area contributed by atoms with Crippen LogP contribution in [0.25, 0.3) is 0 Å². The summed E-state index contributed by atoms with van der Waals surface area (Å²) < 4.78 is 1.01. The average Bonchev–Trinajstić information content (AvgIpc) is 2.39. The molecule has 0 saturated heterocycles. The summed E-state index contributed by atoms with van der Waals surface area (Å²) in [7, 11) is 0. The van der Waals surface area contributed by atoms with Crippen LogP contribution >= 0.6 is 27.5 Å². The van der Waals surface area contributed by atoms with Gasteiger partial charge in [-0.25, -0.2) is 4.98 Å². The Hall–Kier alpha value is -1.39. The Morgan fingerprint density at radius 1 is 1.32 bits per heavy atom. The fourth-order valence-corrected chi connectivity index (χ4v) is 2.10. The van der Waals surface area contributed by atoms with Crippen molar-refractivity contribution in [2.24, 2.45) is 0 Å². The van der Waals surface area contributed by atoms with Crippen LogP contribution in [0.1, 0.15) is 28.9 Å². The first-order valence-electron chi connectivity index (χ1n) is 5.74. The third-order valence-electron chi connectivity index (χ3n) is 2.71. The number of benzene rings is 1. The van der Waals surface area contributed by atoms with Crippen molar-refractivity contribution in [1.29, 1.82) is 0 Å². The molecular weight excluding hydrogens is 328 g/mol. The lowest BCUT2D eigenvalue weighted by Gasteiger charge is -2.14. The molecule has 3 nitrogen and oxygen atoms in total. The van der Waals surface area contributed by atoms with Crippen LogP contribution in [-0.2, 0) is 0 Å². The number of hydrogen-bond acceptors (Lipinski definition) is 2. The Kier molecular flexibility index (Phi) is 4.56. The van der Waals surface area contributed by atoms with E-state index >= 15 is 0 Å². The molecule has 5 heteroatoms. The molecule has 0 aliphatic rings. The maximum Gasteiger partial charge on any atom is 0.251 e. The molecule has 1 amide bonds. The highest BCUT2D eigenvalue weighted by Gasteiger charge is 2.11. The number of amides is 1. The molecule has 2 rings (SSSR count). The van der Waals surface area contributed by atoms with E-state index in [2.05, 4.69) is 26.2 Å². The normalized spacial score (nSPS) is 11.9. The van der Waals surface area contributed by atoms with Crippen molar-refractivity contribution in [2.45, 2.75) is 13.0 Å². The Morgan fingerprint density at radius 2 is 2.00 bits per heavy atom. The fourth-order valence-electron chi connectivity index (χ4n) is 1.66. The van der Waals surface area contributed by atoms with Crippen molar-refractivity contribution in [1.82, 2.24) is 10.3 Å². The van der Waals surface area contributed by atoms with Gasteiger partial charge in [0.2, 0.25) is 0 Å². The summed E-state index contributed by atoms with van der Waals surface area (Å²) >= 11 is 9.14.